The third-order valence-electron chi connectivity index (χ3n) is 6.86. The summed E-state index contributed by atoms with van der Waals surface area (Å²) in [5.41, 5.74) is 5.71. The smallest absolute Gasteiger partial charge is 0.256 e. The van der Waals surface area contributed by atoms with Gasteiger partial charge in [-0.15, -0.1) is 0 Å². The lowest BCUT2D eigenvalue weighted by Gasteiger charge is -2.32. The lowest BCUT2D eigenvalue weighted by molar-refractivity contribution is -0.145. The average Bonchev–Trinajstić information content (AvgIpc) is 3.43. The van der Waals surface area contributed by atoms with Crippen LogP contribution in [0.5, 0.6) is 0 Å². The summed E-state index contributed by atoms with van der Waals surface area (Å²) in [7, 11) is 1.80. The summed E-state index contributed by atoms with van der Waals surface area (Å²) in [6.45, 7) is 10.4. The number of carbonyl (C=O) groups is 2. The first-order valence-corrected chi connectivity index (χ1v) is 12.7. The maximum atomic E-state index is 13.5. The summed E-state index contributed by atoms with van der Waals surface area (Å²) in [5, 5.41) is 11.7. The number of hydrazine groups is 1. The molecule has 3 aromatic rings. The maximum Gasteiger partial charge on any atom is 0.256 e. The molecule has 2 heterocycles. The van der Waals surface area contributed by atoms with Crippen molar-refractivity contribution in [2.75, 3.05) is 31.6 Å². The highest BCUT2D eigenvalue weighted by Gasteiger charge is 2.27. The zero-order valence-corrected chi connectivity index (χ0v) is 22.0. The predicted octanol–water partition coefficient (Wildman–Crippen LogP) is 4.83. The number of hydrogen-bond donors (Lipinski definition) is 1. The number of nitrogens with zero attached hydrogens (tertiary/aromatic N) is 4. The molecule has 37 heavy (non-hydrogen) atoms. The van der Waals surface area contributed by atoms with Gasteiger partial charge in [0.1, 0.15) is 0 Å². The topological polar surface area (TPSA) is 81.9 Å². The molecule has 1 aromatic heterocycles. The van der Waals surface area contributed by atoms with Crippen molar-refractivity contribution in [1.29, 1.82) is 0 Å². The standard InChI is InChI=1S/C28H37N5O3.CH4/c1-19(2)9-8-12-29-27(34)17-32(25-14-24-21(4)30-36-26(24)13-20(25)3)18-28(35)31(5)33-15-22-10-6-7-11-23(22)16-33;/h6-7,10-11,13-14,19H,8-9,12,15-18H2,1-5H3,(H,29,34);1H4. The van der Waals surface area contributed by atoms with Crippen molar-refractivity contribution >= 4 is 28.5 Å². The minimum Gasteiger partial charge on any atom is -0.356 e. The molecule has 2 amide bonds. The number of likely N-dealkylation sites (N-methyl/N-ethyl adjacent to an activating group) is 1. The van der Waals surface area contributed by atoms with Gasteiger partial charge in [0.05, 0.1) is 18.8 Å². The minimum absolute atomic E-state index is 0. The van der Waals surface area contributed by atoms with E-state index in [9.17, 15) is 9.59 Å². The van der Waals surface area contributed by atoms with Gasteiger partial charge in [-0.05, 0) is 61.4 Å². The van der Waals surface area contributed by atoms with Gasteiger partial charge in [0, 0.05) is 37.8 Å². The van der Waals surface area contributed by atoms with Crippen LogP contribution in [-0.4, -0.2) is 53.7 Å². The van der Waals surface area contributed by atoms with Crippen LogP contribution in [0.15, 0.2) is 40.9 Å². The molecule has 0 unspecified atom stereocenters. The van der Waals surface area contributed by atoms with Crippen LogP contribution in [0.1, 0.15) is 56.5 Å². The third kappa shape index (κ3) is 6.68. The van der Waals surface area contributed by atoms with Gasteiger partial charge in [0.2, 0.25) is 5.91 Å². The van der Waals surface area contributed by atoms with Crippen LogP contribution in [-0.2, 0) is 22.7 Å². The highest BCUT2D eigenvalue weighted by atomic mass is 16.5. The number of anilines is 1. The van der Waals surface area contributed by atoms with Gasteiger partial charge in [-0.25, -0.2) is 5.01 Å². The van der Waals surface area contributed by atoms with E-state index in [1.807, 2.05) is 48.0 Å². The van der Waals surface area contributed by atoms with E-state index < -0.39 is 0 Å². The number of amides is 2. The van der Waals surface area contributed by atoms with Crippen molar-refractivity contribution in [3.63, 3.8) is 0 Å². The van der Waals surface area contributed by atoms with Crippen molar-refractivity contribution in [3.05, 3.63) is 58.8 Å². The van der Waals surface area contributed by atoms with Gasteiger partial charge >= 0.3 is 0 Å². The second kappa shape index (κ2) is 12.2. The fourth-order valence-electron chi connectivity index (χ4n) is 4.68. The first kappa shape index (κ1) is 28.2. The first-order chi connectivity index (χ1) is 17.2. The van der Waals surface area contributed by atoms with Crippen LogP contribution in [0.2, 0.25) is 0 Å². The highest BCUT2D eigenvalue weighted by Crippen LogP contribution is 2.29. The Morgan fingerprint density at radius 2 is 1.78 bits per heavy atom. The molecule has 0 saturated carbocycles. The van der Waals surface area contributed by atoms with Crippen molar-refractivity contribution in [1.82, 2.24) is 20.5 Å². The number of fused-ring (bicyclic) bond motifs is 2. The molecular formula is C29H41N5O3. The monoisotopic (exact) mass is 507 g/mol. The maximum absolute atomic E-state index is 13.5. The molecule has 8 nitrogen and oxygen atoms in total. The van der Waals surface area contributed by atoms with E-state index in [1.54, 1.807) is 12.1 Å². The zero-order valence-electron chi connectivity index (χ0n) is 22.0. The minimum atomic E-state index is -0.0932. The molecule has 200 valence electrons. The van der Waals surface area contributed by atoms with Crippen LogP contribution in [0.3, 0.4) is 0 Å². The fraction of sp³-hybridized carbons (Fsp3) is 0.483. The predicted molar refractivity (Wildman–Crippen MR) is 148 cm³/mol. The van der Waals surface area contributed by atoms with Gasteiger partial charge in [0.15, 0.2) is 5.58 Å². The Bertz CT molecular complexity index is 1210. The molecule has 0 saturated heterocycles. The molecule has 4 rings (SSSR count). The molecule has 1 N–H and O–H groups in total. The Kier molecular flexibility index (Phi) is 9.32. The second-order valence-corrected chi connectivity index (χ2v) is 10.2. The fourth-order valence-corrected chi connectivity index (χ4v) is 4.68. The average molecular weight is 508 g/mol. The van der Waals surface area contributed by atoms with Gasteiger partial charge < -0.3 is 14.7 Å². The largest absolute Gasteiger partial charge is 0.356 e. The highest BCUT2D eigenvalue weighted by molar-refractivity contribution is 5.90. The summed E-state index contributed by atoms with van der Waals surface area (Å²) in [5.74, 6) is 0.436. The van der Waals surface area contributed by atoms with E-state index in [2.05, 4.69) is 36.5 Å². The SMILES string of the molecule is C.Cc1cc2onc(C)c2cc1N(CC(=O)NCCCC(C)C)CC(=O)N(C)N1Cc2ccccc2C1. The van der Waals surface area contributed by atoms with Gasteiger partial charge in [-0.3, -0.25) is 14.6 Å². The number of hydrogen-bond acceptors (Lipinski definition) is 6. The summed E-state index contributed by atoms with van der Waals surface area (Å²) in [6.07, 6.45) is 2.00. The number of aromatic nitrogens is 1. The Hall–Kier alpha value is -3.39. The normalized spacial score (nSPS) is 12.9. The molecule has 1 aliphatic rings. The molecule has 0 spiro atoms. The summed E-state index contributed by atoms with van der Waals surface area (Å²) < 4.78 is 5.42. The molecular weight excluding hydrogens is 466 g/mol. The van der Waals surface area contributed by atoms with Crippen molar-refractivity contribution in [2.45, 2.75) is 61.1 Å². The van der Waals surface area contributed by atoms with E-state index in [4.69, 9.17) is 4.52 Å². The van der Waals surface area contributed by atoms with Gasteiger partial charge in [-0.1, -0.05) is 50.7 Å². The van der Waals surface area contributed by atoms with E-state index in [0.29, 0.717) is 31.1 Å². The molecule has 8 heteroatoms. The Balaban J connectivity index is 0.00000380. The van der Waals surface area contributed by atoms with Gasteiger partial charge in [-0.2, -0.15) is 0 Å². The quantitative estimate of drug-likeness (QED) is 0.396. The number of aryl methyl sites for hydroxylation is 2. The molecule has 0 radical (unpaired) electrons. The number of benzene rings is 2. The molecule has 0 bridgehead atoms. The second-order valence-electron chi connectivity index (χ2n) is 10.2. The van der Waals surface area contributed by atoms with Gasteiger partial charge in [0.25, 0.3) is 5.91 Å². The Morgan fingerprint density at radius 3 is 2.43 bits per heavy atom. The zero-order chi connectivity index (χ0) is 25.8. The lowest BCUT2D eigenvalue weighted by Crippen LogP contribution is -2.48. The third-order valence-corrected chi connectivity index (χ3v) is 6.86. The van der Waals surface area contributed by atoms with Crippen LogP contribution in [0, 0.1) is 19.8 Å². The van der Waals surface area contributed by atoms with Crippen LogP contribution in [0.4, 0.5) is 5.69 Å². The Labute approximate surface area is 220 Å². The van der Waals surface area contributed by atoms with E-state index in [1.165, 1.54) is 11.1 Å². The molecule has 0 fully saturated rings. The molecule has 2 aromatic carbocycles. The van der Waals surface area contributed by atoms with E-state index in [-0.39, 0.29) is 32.3 Å². The molecule has 0 atom stereocenters. The van der Waals surface area contributed by atoms with Crippen LogP contribution >= 0.6 is 0 Å². The number of nitrogens with one attached hydrogen (secondary N) is 1. The van der Waals surface area contributed by atoms with E-state index in [0.717, 1.165) is 35.2 Å². The van der Waals surface area contributed by atoms with Crippen molar-refractivity contribution in [2.24, 2.45) is 5.92 Å². The lowest BCUT2D eigenvalue weighted by atomic mass is 10.1. The summed E-state index contributed by atoms with van der Waals surface area (Å²) in [6, 6.07) is 12.1. The number of carbonyl (C=O) groups excluding carboxylic acids is 2. The van der Waals surface area contributed by atoms with E-state index >= 15 is 0 Å². The van der Waals surface area contributed by atoms with Crippen molar-refractivity contribution in [3.8, 4) is 0 Å². The molecule has 0 aliphatic carbocycles. The van der Waals surface area contributed by atoms with Crippen molar-refractivity contribution < 1.29 is 14.1 Å². The first-order valence-electron chi connectivity index (χ1n) is 12.7. The Morgan fingerprint density at radius 1 is 1.11 bits per heavy atom. The summed E-state index contributed by atoms with van der Waals surface area (Å²) in [4.78, 5) is 28.2. The summed E-state index contributed by atoms with van der Waals surface area (Å²) >= 11 is 0. The van der Waals surface area contributed by atoms with Crippen LogP contribution in [0.25, 0.3) is 11.0 Å². The number of rotatable bonds is 10. The molecule has 1 aliphatic heterocycles. The van der Waals surface area contributed by atoms with Crippen LogP contribution < -0.4 is 10.2 Å².